The van der Waals surface area contributed by atoms with Crippen molar-refractivity contribution in [2.75, 3.05) is 0 Å². The average molecular weight is 251 g/mol. The number of halogens is 2. The van der Waals surface area contributed by atoms with Crippen LogP contribution in [0.5, 0.6) is 0 Å². The summed E-state index contributed by atoms with van der Waals surface area (Å²) in [7, 11) is 0. The Morgan fingerprint density at radius 3 is 1.75 bits per heavy atom. The molecule has 0 atom stereocenters. The van der Waals surface area contributed by atoms with E-state index in [1.165, 1.54) is 0 Å². The van der Waals surface area contributed by atoms with Gasteiger partial charge in [0.05, 0.1) is 11.4 Å². The first-order valence-electron chi connectivity index (χ1n) is 5.00. The minimum Gasteiger partial charge on any atom is -0.234 e. The van der Waals surface area contributed by atoms with Gasteiger partial charge in [-0.15, -0.1) is 0 Å². The molecule has 2 nitrogen and oxygen atoms in total. The van der Waals surface area contributed by atoms with E-state index in [2.05, 4.69) is 16.9 Å². The molecule has 0 amide bonds. The van der Waals surface area contributed by atoms with Crippen LogP contribution in [0.4, 0.5) is 0 Å². The Morgan fingerprint density at radius 1 is 0.875 bits per heavy atom. The lowest BCUT2D eigenvalue weighted by Crippen LogP contribution is -1.89. The van der Waals surface area contributed by atoms with Crippen molar-refractivity contribution in [3.05, 3.63) is 45.7 Å². The van der Waals surface area contributed by atoms with Crippen molar-refractivity contribution in [1.29, 1.82) is 0 Å². The summed E-state index contributed by atoms with van der Waals surface area (Å²) >= 11 is 11.8. The minimum absolute atomic E-state index is 0.305. The molecule has 0 radical (unpaired) electrons. The van der Waals surface area contributed by atoms with Gasteiger partial charge in [-0.25, -0.2) is 9.97 Å². The summed E-state index contributed by atoms with van der Waals surface area (Å²) in [6.07, 6.45) is 0. The molecule has 2 aromatic heterocycles. The van der Waals surface area contributed by atoms with Gasteiger partial charge in [-0.1, -0.05) is 42.3 Å². The van der Waals surface area contributed by atoms with E-state index < -0.39 is 0 Å². The van der Waals surface area contributed by atoms with Gasteiger partial charge < -0.3 is 0 Å². The summed E-state index contributed by atoms with van der Waals surface area (Å²) in [6, 6.07) is 7.63. The molecule has 0 saturated carbocycles. The average Bonchev–Trinajstić information content (AvgIpc) is 2.52. The standard InChI is InChI=1S/C12H8Cl2N2/c1-6-7-2-4-9(13)15-11(7)12-8(6)3-5-10(14)16-12/h2-6H,1H3. The fourth-order valence-corrected chi connectivity index (χ4v) is 2.43. The van der Waals surface area contributed by atoms with Crippen molar-refractivity contribution in [3.8, 4) is 11.4 Å². The van der Waals surface area contributed by atoms with Crippen LogP contribution in [-0.2, 0) is 0 Å². The summed E-state index contributed by atoms with van der Waals surface area (Å²) in [5.41, 5.74) is 4.04. The quantitative estimate of drug-likeness (QED) is 0.663. The van der Waals surface area contributed by atoms with Crippen molar-refractivity contribution in [2.24, 2.45) is 0 Å². The maximum absolute atomic E-state index is 5.91. The van der Waals surface area contributed by atoms with Crippen LogP contribution in [0.15, 0.2) is 24.3 Å². The molecule has 0 unspecified atom stereocenters. The number of fused-ring (bicyclic) bond motifs is 3. The van der Waals surface area contributed by atoms with E-state index in [0.29, 0.717) is 16.2 Å². The van der Waals surface area contributed by atoms with Crippen LogP contribution in [0.2, 0.25) is 10.3 Å². The van der Waals surface area contributed by atoms with E-state index in [0.717, 1.165) is 22.5 Å². The zero-order valence-electron chi connectivity index (χ0n) is 8.54. The molecule has 0 N–H and O–H groups in total. The first kappa shape index (κ1) is 10.1. The van der Waals surface area contributed by atoms with Crippen LogP contribution in [0.3, 0.4) is 0 Å². The van der Waals surface area contributed by atoms with Crippen LogP contribution >= 0.6 is 23.2 Å². The fourth-order valence-electron chi connectivity index (χ4n) is 2.14. The number of aromatic nitrogens is 2. The van der Waals surface area contributed by atoms with Crippen LogP contribution in [-0.4, -0.2) is 9.97 Å². The Balaban J connectivity index is 2.33. The third-order valence-electron chi connectivity index (χ3n) is 2.94. The molecule has 1 aliphatic rings. The molecular weight excluding hydrogens is 243 g/mol. The number of pyridine rings is 2. The largest absolute Gasteiger partial charge is 0.234 e. The predicted octanol–water partition coefficient (Wildman–Crippen LogP) is 3.92. The van der Waals surface area contributed by atoms with Gasteiger partial charge in [-0.3, -0.25) is 0 Å². The summed E-state index contributed by atoms with van der Waals surface area (Å²) in [4.78, 5) is 8.66. The van der Waals surface area contributed by atoms with Crippen LogP contribution in [0, 0.1) is 0 Å². The molecule has 0 fully saturated rings. The highest BCUT2D eigenvalue weighted by molar-refractivity contribution is 6.30. The highest BCUT2D eigenvalue weighted by Gasteiger charge is 2.28. The molecule has 0 spiro atoms. The van der Waals surface area contributed by atoms with Gasteiger partial charge in [0.15, 0.2) is 0 Å². The first-order chi connectivity index (χ1) is 7.66. The van der Waals surface area contributed by atoms with Crippen molar-refractivity contribution in [1.82, 2.24) is 9.97 Å². The fraction of sp³-hybridized carbons (Fsp3) is 0.167. The molecule has 4 heteroatoms. The topological polar surface area (TPSA) is 25.8 Å². The molecule has 0 bridgehead atoms. The van der Waals surface area contributed by atoms with Crippen molar-refractivity contribution in [3.63, 3.8) is 0 Å². The number of hydrogen-bond acceptors (Lipinski definition) is 2. The second-order valence-corrected chi connectivity index (χ2v) is 4.64. The van der Waals surface area contributed by atoms with Crippen LogP contribution in [0.1, 0.15) is 24.0 Å². The zero-order valence-corrected chi connectivity index (χ0v) is 10.0. The number of hydrogen-bond donors (Lipinski definition) is 0. The van der Waals surface area contributed by atoms with Crippen molar-refractivity contribution < 1.29 is 0 Å². The normalized spacial score (nSPS) is 13.7. The number of rotatable bonds is 0. The van der Waals surface area contributed by atoms with Crippen molar-refractivity contribution >= 4 is 23.2 Å². The van der Waals surface area contributed by atoms with E-state index in [1.54, 1.807) is 0 Å². The Hall–Kier alpha value is -1.12. The van der Waals surface area contributed by atoms with Gasteiger partial charge in [0, 0.05) is 5.92 Å². The molecule has 2 heterocycles. The molecule has 3 rings (SSSR count). The Labute approximate surface area is 103 Å². The Kier molecular flexibility index (Phi) is 2.16. The van der Waals surface area contributed by atoms with Gasteiger partial charge in [0.25, 0.3) is 0 Å². The lowest BCUT2D eigenvalue weighted by molar-refractivity contribution is 0.948. The van der Waals surface area contributed by atoms with Gasteiger partial charge in [0.1, 0.15) is 10.3 Å². The van der Waals surface area contributed by atoms with E-state index in [9.17, 15) is 0 Å². The third kappa shape index (κ3) is 1.34. The summed E-state index contributed by atoms with van der Waals surface area (Å²) < 4.78 is 0. The molecular formula is C12H8Cl2N2. The molecule has 80 valence electrons. The summed E-state index contributed by atoms with van der Waals surface area (Å²) in [5, 5.41) is 0.973. The van der Waals surface area contributed by atoms with Crippen molar-refractivity contribution in [2.45, 2.75) is 12.8 Å². The first-order valence-corrected chi connectivity index (χ1v) is 5.75. The number of nitrogens with zero attached hydrogens (tertiary/aromatic N) is 2. The lowest BCUT2D eigenvalue weighted by Gasteiger charge is -2.04. The van der Waals surface area contributed by atoms with E-state index in [1.807, 2.05) is 24.3 Å². The molecule has 1 aliphatic carbocycles. The van der Waals surface area contributed by atoms with Crippen LogP contribution < -0.4 is 0 Å². The smallest absolute Gasteiger partial charge is 0.129 e. The summed E-state index contributed by atoms with van der Waals surface area (Å²) in [6.45, 7) is 2.13. The molecule has 16 heavy (non-hydrogen) atoms. The lowest BCUT2D eigenvalue weighted by atomic mass is 10.0. The third-order valence-corrected chi connectivity index (χ3v) is 3.36. The second kappa shape index (κ2) is 3.44. The highest BCUT2D eigenvalue weighted by atomic mass is 35.5. The van der Waals surface area contributed by atoms with Gasteiger partial charge >= 0.3 is 0 Å². The van der Waals surface area contributed by atoms with E-state index in [4.69, 9.17) is 23.2 Å². The molecule has 2 aromatic rings. The Bertz CT molecular complexity index is 530. The highest BCUT2D eigenvalue weighted by Crippen LogP contribution is 2.43. The van der Waals surface area contributed by atoms with Gasteiger partial charge in [-0.2, -0.15) is 0 Å². The van der Waals surface area contributed by atoms with Crippen LogP contribution in [0.25, 0.3) is 11.4 Å². The van der Waals surface area contributed by atoms with Gasteiger partial charge in [0.2, 0.25) is 0 Å². The summed E-state index contributed by atoms with van der Waals surface area (Å²) in [5.74, 6) is 0.305. The monoisotopic (exact) mass is 250 g/mol. The molecule has 0 aliphatic heterocycles. The maximum Gasteiger partial charge on any atom is 0.129 e. The zero-order chi connectivity index (χ0) is 11.3. The maximum atomic E-state index is 5.91. The Morgan fingerprint density at radius 2 is 1.31 bits per heavy atom. The molecule has 0 saturated heterocycles. The van der Waals surface area contributed by atoms with Gasteiger partial charge in [-0.05, 0) is 23.3 Å². The molecule has 0 aromatic carbocycles. The minimum atomic E-state index is 0.305. The SMILES string of the molecule is CC1c2ccc(Cl)nc2-c2nc(Cl)ccc21. The second-order valence-electron chi connectivity index (χ2n) is 3.87. The predicted molar refractivity (Wildman–Crippen MR) is 65.0 cm³/mol. The van der Waals surface area contributed by atoms with E-state index >= 15 is 0 Å². The van der Waals surface area contributed by atoms with E-state index in [-0.39, 0.29) is 0 Å².